The quantitative estimate of drug-likeness (QED) is 0.630. The van der Waals surface area contributed by atoms with Crippen molar-refractivity contribution in [3.63, 3.8) is 0 Å². The molecular weight excluding hydrogens is 416 g/mol. The van der Waals surface area contributed by atoms with E-state index in [1.54, 1.807) is 33.8 Å². The number of aromatic nitrogens is 1. The number of benzene rings is 1. The first kappa shape index (κ1) is 22.1. The molecule has 9 heteroatoms. The number of hydrogen-bond donors (Lipinski definition) is 3. The molecule has 0 radical (unpaired) electrons. The molecule has 1 aromatic carbocycles. The average molecular weight is 440 g/mol. The average Bonchev–Trinajstić information content (AvgIpc) is 2.89. The summed E-state index contributed by atoms with van der Waals surface area (Å²) in [5.74, 6) is -3.62. The van der Waals surface area contributed by atoms with Crippen molar-refractivity contribution >= 4 is 40.1 Å². The van der Waals surface area contributed by atoms with Gasteiger partial charge in [0.1, 0.15) is 11.2 Å². The lowest BCUT2D eigenvalue weighted by atomic mass is 9.87. The summed E-state index contributed by atoms with van der Waals surface area (Å²) in [7, 11) is 0. The Bertz CT molecular complexity index is 1070. The molecule has 0 spiro atoms. The van der Waals surface area contributed by atoms with Crippen molar-refractivity contribution in [2.45, 2.75) is 58.6 Å². The van der Waals surface area contributed by atoms with Crippen LogP contribution in [0.15, 0.2) is 6.08 Å². The van der Waals surface area contributed by atoms with Gasteiger partial charge < -0.3 is 20.8 Å². The van der Waals surface area contributed by atoms with Crippen LogP contribution in [0.1, 0.15) is 61.6 Å². The minimum Gasteiger partial charge on any atom is -0.444 e. The second-order valence-electron chi connectivity index (χ2n) is 8.41. The molecule has 0 saturated heterocycles. The van der Waals surface area contributed by atoms with Gasteiger partial charge in [-0.1, -0.05) is 17.7 Å². The highest BCUT2D eigenvalue weighted by Gasteiger charge is 2.30. The number of primary amides is 1. The normalized spacial score (nSPS) is 17.0. The fourth-order valence-electron chi connectivity index (χ4n) is 3.71. The zero-order chi connectivity index (χ0) is 22.4. The number of halogens is 3. The molecule has 0 fully saturated rings. The van der Waals surface area contributed by atoms with Crippen LogP contribution in [-0.2, 0) is 4.74 Å². The summed E-state index contributed by atoms with van der Waals surface area (Å²) < 4.78 is 35.2. The molecule has 162 valence electrons. The molecule has 1 atom stereocenters. The minimum absolute atomic E-state index is 0.0301. The maximum absolute atomic E-state index is 15.1. The number of rotatable bonds is 3. The summed E-state index contributed by atoms with van der Waals surface area (Å²) in [5.41, 5.74) is 5.03. The topological polar surface area (TPSA) is 97.2 Å². The smallest absolute Gasteiger partial charge is 0.407 e. The summed E-state index contributed by atoms with van der Waals surface area (Å²) in [5, 5.41) is 3.16. The molecule has 1 unspecified atom stereocenters. The van der Waals surface area contributed by atoms with E-state index in [0.29, 0.717) is 24.1 Å². The lowest BCUT2D eigenvalue weighted by Crippen LogP contribution is -2.40. The number of alkyl carbamates (subject to hydrolysis) is 1. The molecular formula is C21H24ClF2N3O3. The van der Waals surface area contributed by atoms with Gasteiger partial charge in [0.05, 0.1) is 10.5 Å². The van der Waals surface area contributed by atoms with Crippen LogP contribution in [0.2, 0.25) is 5.02 Å². The van der Waals surface area contributed by atoms with Crippen molar-refractivity contribution in [1.82, 2.24) is 10.3 Å². The third kappa shape index (κ3) is 4.14. The van der Waals surface area contributed by atoms with Gasteiger partial charge in [0.2, 0.25) is 0 Å². The van der Waals surface area contributed by atoms with Gasteiger partial charge in [-0.05, 0) is 52.5 Å². The highest BCUT2D eigenvalue weighted by Crippen LogP contribution is 2.41. The molecule has 6 nitrogen and oxygen atoms in total. The first-order chi connectivity index (χ1) is 13.9. The van der Waals surface area contributed by atoms with E-state index >= 15 is 4.39 Å². The SMILES string of the molecule is Cc1[nH]c2c(C(N)=O)c(F)c(F)c(C3=CCCC(NC(=O)OC(C)(C)C)C3)c2c1Cl. The van der Waals surface area contributed by atoms with Crippen molar-refractivity contribution < 1.29 is 23.1 Å². The molecule has 1 aliphatic rings. The lowest BCUT2D eigenvalue weighted by Gasteiger charge is -2.27. The number of carbonyl (C=O) groups is 2. The van der Waals surface area contributed by atoms with E-state index in [2.05, 4.69) is 10.3 Å². The second kappa shape index (κ2) is 7.91. The highest BCUT2D eigenvalue weighted by atomic mass is 35.5. The molecule has 1 aliphatic carbocycles. The van der Waals surface area contributed by atoms with Gasteiger partial charge in [-0.2, -0.15) is 0 Å². The Morgan fingerprint density at radius 3 is 2.57 bits per heavy atom. The Hall–Kier alpha value is -2.61. The molecule has 2 aromatic rings. The van der Waals surface area contributed by atoms with Crippen LogP contribution in [0.3, 0.4) is 0 Å². The maximum atomic E-state index is 15.1. The van der Waals surface area contributed by atoms with E-state index in [1.807, 2.05) is 0 Å². The molecule has 1 aromatic heterocycles. The van der Waals surface area contributed by atoms with Gasteiger partial charge in [-0.15, -0.1) is 0 Å². The van der Waals surface area contributed by atoms with Gasteiger partial charge in [0, 0.05) is 22.7 Å². The minimum atomic E-state index is -1.33. The van der Waals surface area contributed by atoms with Gasteiger partial charge >= 0.3 is 6.09 Å². The fourth-order valence-corrected chi connectivity index (χ4v) is 3.94. The van der Waals surface area contributed by atoms with Crippen LogP contribution in [0.5, 0.6) is 0 Å². The third-order valence-electron chi connectivity index (χ3n) is 4.90. The summed E-state index contributed by atoms with van der Waals surface area (Å²) in [6, 6.07) is -0.327. The number of H-pyrrole nitrogens is 1. The Balaban J connectivity index is 2.04. The van der Waals surface area contributed by atoms with E-state index < -0.39 is 34.8 Å². The van der Waals surface area contributed by atoms with E-state index in [-0.39, 0.29) is 34.0 Å². The number of allylic oxidation sites excluding steroid dienone is 1. The van der Waals surface area contributed by atoms with Crippen molar-refractivity contribution in [2.75, 3.05) is 0 Å². The van der Waals surface area contributed by atoms with Crippen molar-refractivity contribution in [3.8, 4) is 0 Å². The molecule has 0 bridgehead atoms. The first-order valence-corrected chi connectivity index (χ1v) is 9.96. The van der Waals surface area contributed by atoms with Gasteiger partial charge in [-0.3, -0.25) is 4.79 Å². The number of hydrogen-bond acceptors (Lipinski definition) is 3. The predicted molar refractivity (Wildman–Crippen MR) is 111 cm³/mol. The van der Waals surface area contributed by atoms with Crippen LogP contribution in [0.25, 0.3) is 16.5 Å². The number of aryl methyl sites for hydroxylation is 1. The number of nitrogens with two attached hydrogens (primary N) is 1. The van der Waals surface area contributed by atoms with Crippen LogP contribution in [-0.4, -0.2) is 28.6 Å². The van der Waals surface area contributed by atoms with Crippen LogP contribution < -0.4 is 11.1 Å². The van der Waals surface area contributed by atoms with E-state index in [9.17, 15) is 14.0 Å². The number of nitrogens with one attached hydrogen (secondary N) is 2. The number of fused-ring (bicyclic) bond motifs is 1. The molecule has 3 rings (SSSR count). The van der Waals surface area contributed by atoms with Crippen LogP contribution >= 0.6 is 11.6 Å². The molecule has 4 N–H and O–H groups in total. The Labute approximate surface area is 177 Å². The molecule has 0 aliphatic heterocycles. The predicted octanol–water partition coefficient (Wildman–Crippen LogP) is 4.97. The summed E-state index contributed by atoms with van der Waals surface area (Å²) >= 11 is 6.37. The van der Waals surface area contributed by atoms with Crippen LogP contribution in [0.4, 0.5) is 13.6 Å². The van der Waals surface area contributed by atoms with Crippen molar-refractivity contribution in [2.24, 2.45) is 5.73 Å². The van der Waals surface area contributed by atoms with Gasteiger partial charge in [0.15, 0.2) is 11.6 Å². The number of amides is 2. The number of ether oxygens (including phenoxy) is 1. The maximum Gasteiger partial charge on any atom is 0.407 e. The lowest BCUT2D eigenvalue weighted by molar-refractivity contribution is 0.0502. The second-order valence-corrected chi connectivity index (χ2v) is 8.79. The highest BCUT2D eigenvalue weighted by molar-refractivity contribution is 6.37. The Morgan fingerprint density at radius 2 is 1.97 bits per heavy atom. The Morgan fingerprint density at radius 1 is 1.30 bits per heavy atom. The summed E-state index contributed by atoms with van der Waals surface area (Å²) in [4.78, 5) is 26.7. The summed E-state index contributed by atoms with van der Waals surface area (Å²) in [6.45, 7) is 6.90. The molecule has 30 heavy (non-hydrogen) atoms. The number of carbonyl (C=O) groups excluding carboxylic acids is 2. The molecule has 2 amide bonds. The monoisotopic (exact) mass is 439 g/mol. The van der Waals surface area contributed by atoms with Crippen molar-refractivity contribution in [1.29, 1.82) is 0 Å². The fraction of sp³-hybridized carbons (Fsp3) is 0.429. The zero-order valence-corrected chi connectivity index (χ0v) is 18.0. The first-order valence-electron chi connectivity index (χ1n) is 9.58. The standard InChI is InChI=1S/C21H24ClF2N3O3/c1-9-15(22)13-12(16(23)17(24)14(19(25)28)18(13)26-9)10-6-5-7-11(8-10)27-20(29)30-21(2,3)4/h6,11,26H,5,7-8H2,1-4H3,(H2,25,28)(H,27,29). The third-order valence-corrected chi connectivity index (χ3v) is 5.38. The van der Waals surface area contributed by atoms with Crippen molar-refractivity contribution in [3.05, 3.63) is 39.6 Å². The van der Waals surface area contributed by atoms with Gasteiger partial charge in [-0.25, -0.2) is 13.6 Å². The van der Waals surface area contributed by atoms with E-state index in [0.717, 1.165) is 0 Å². The number of aromatic amines is 1. The molecule has 1 heterocycles. The van der Waals surface area contributed by atoms with E-state index in [1.165, 1.54) is 0 Å². The zero-order valence-electron chi connectivity index (χ0n) is 17.2. The van der Waals surface area contributed by atoms with E-state index in [4.69, 9.17) is 22.1 Å². The van der Waals surface area contributed by atoms with Crippen LogP contribution in [0, 0.1) is 18.6 Å². The largest absolute Gasteiger partial charge is 0.444 e. The van der Waals surface area contributed by atoms with Gasteiger partial charge in [0.25, 0.3) is 5.91 Å². The molecule has 0 saturated carbocycles. The Kier molecular flexibility index (Phi) is 5.82. The summed E-state index contributed by atoms with van der Waals surface area (Å²) in [6.07, 6.45) is 2.62.